The topological polar surface area (TPSA) is 153 Å². The quantitative estimate of drug-likeness (QED) is 0.231. The van der Waals surface area contributed by atoms with Gasteiger partial charge in [0.1, 0.15) is 28.5 Å². The molecule has 0 saturated carbocycles. The number of nitrogens with zero attached hydrogens (tertiary/aromatic N) is 4. The molecule has 200 valence electrons. The highest BCUT2D eigenvalue weighted by atomic mass is 32.2. The van der Waals surface area contributed by atoms with Crippen molar-refractivity contribution in [1.29, 1.82) is 0 Å². The summed E-state index contributed by atoms with van der Waals surface area (Å²) in [6.07, 6.45) is 5.64. The minimum absolute atomic E-state index is 0.0873. The second-order valence-electron chi connectivity index (χ2n) is 8.96. The maximum absolute atomic E-state index is 12.9. The van der Waals surface area contributed by atoms with E-state index in [1.54, 1.807) is 41.2 Å². The van der Waals surface area contributed by atoms with Crippen molar-refractivity contribution in [3.8, 4) is 22.8 Å². The lowest BCUT2D eigenvalue weighted by Gasteiger charge is -2.10. The number of aromatic nitrogens is 4. The summed E-state index contributed by atoms with van der Waals surface area (Å²) in [6.45, 7) is 4.00. The Morgan fingerprint density at radius 3 is 2.54 bits per heavy atom. The summed E-state index contributed by atoms with van der Waals surface area (Å²) in [4.78, 5) is 21.0. The molecule has 3 N–H and O–H groups in total. The Labute approximate surface area is 224 Å². The molecule has 0 unspecified atom stereocenters. The van der Waals surface area contributed by atoms with Crippen molar-refractivity contribution in [3.05, 3.63) is 73.4 Å². The number of anilines is 3. The molecule has 2 aromatic carbocycles. The zero-order chi connectivity index (χ0) is 27.6. The number of rotatable bonds is 8. The van der Waals surface area contributed by atoms with Crippen LogP contribution in [-0.2, 0) is 10.0 Å². The standard InChI is InChI=1S/C26H25N7O5S/c1-16(2)33-14-22(25(31-33)17-4-9-23-21(12-17)28-15-37-23)30-26(34)29-18-5-7-19(8-6-18)38-20-10-11-27-24(13-20)32-39(3,35)36/h4-16H,1-3H3,(H,27,32)(H2,29,30,34). The second-order valence-corrected chi connectivity index (χ2v) is 10.7. The highest BCUT2D eigenvalue weighted by Crippen LogP contribution is 2.30. The van der Waals surface area contributed by atoms with Crippen LogP contribution in [0.3, 0.4) is 0 Å². The van der Waals surface area contributed by atoms with E-state index in [4.69, 9.17) is 9.15 Å². The molecule has 0 radical (unpaired) electrons. The molecule has 5 aromatic rings. The van der Waals surface area contributed by atoms with Gasteiger partial charge in [0.05, 0.1) is 11.9 Å². The minimum Gasteiger partial charge on any atom is -0.457 e. The van der Waals surface area contributed by atoms with Crippen LogP contribution in [0, 0.1) is 0 Å². The number of fused-ring (bicyclic) bond motifs is 1. The molecule has 3 aromatic heterocycles. The van der Waals surface area contributed by atoms with Gasteiger partial charge in [0, 0.05) is 35.8 Å². The number of amides is 2. The molecule has 0 saturated heterocycles. The fraction of sp³-hybridized carbons (Fsp3) is 0.154. The Balaban J connectivity index is 1.27. The summed E-state index contributed by atoms with van der Waals surface area (Å²) < 4.78 is 38.0. The molecule has 0 bridgehead atoms. The Morgan fingerprint density at radius 2 is 1.79 bits per heavy atom. The van der Waals surface area contributed by atoms with Gasteiger partial charge >= 0.3 is 6.03 Å². The summed E-state index contributed by atoms with van der Waals surface area (Å²) in [7, 11) is -3.46. The van der Waals surface area contributed by atoms with Crippen molar-refractivity contribution in [2.45, 2.75) is 19.9 Å². The normalized spacial score (nSPS) is 11.5. The number of oxazole rings is 1. The molecular weight excluding hydrogens is 522 g/mol. The van der Waals surface area contributed by atoms with Crippen LogP contribution in [0.15, 0.2) is 77.8 Å². The van der Waals surface area contributed by atoms with Gasteiger partial charge in [-0.2, -0.15) is 5.10 Å². The molecule has 39 heavy (non-hydrogen) atoms. The number of sulfonamides is 1. The van der Waals surface area contributed by atoms with Crippen molar-refractivity contribution in [2.24, 2.45) is 0 Å². The van der Waals surface area contributed by atoms with Crippen molar-refractivity contribution < 1.29 is 22.4 Å². The lowest BCUT2D eigenvalue weighted by atomic mass is 10.1. The molecule has 0 aliphatic carbocycles. The largest absolute Gasteiger partial charge is 0.457 e. The lowest BCUT2D eigenvalue weighted by Crippen LogP contribution is -2.19. The second kappa shape index (κ2) is 10.5. The maximum atomic E-state index is 12.9. The zero-order valence-electron chi connectivity index (χ0n) is 21.2. The van der Waals surface area contributed by atoms with Crippen LogP contribution in [0.25, 0.3) is 22.4 Å². The van der Waals surface area contributed by atoms with Gasteiger partial charge in [0.25, 0.3) is 0 Å². The summed E-state index contributed by atoms with van der Waals surface area (Å²) in [5, 5.41) is 10.4. The molecule has 0 fully saturated rings. The van der Waals surface area contributed by atoms with Gasteiger partial charge in [-0.25, -0.2) is 23.2 Å². The average molecular weight is 548 g/mol. The van der Waals surface area contributed by atoms with Gasteiger partial charge in [0.2, 0.25) is 10.0 Å². The Bertz CT molecular complexity index is 1740. The molecular formula is C26H25N7O5S. The van der Waals surface area contributed by atoms with Gasteiger partial charge in [0.15, 0.2) is 12.0 Å². The smallest absolute Gasteiger partial charge is 0.323 e. The first-order chi connectivity index (χ1) is 18.6. The third-order valence-corrected chi connectivity index (χ3v) is 6.06. The van der Waals surface area contributed by atoms with Crippen LogP contribution in [0.1, 0.15) is 19.9 Å². The van der Waals surface area contributed by atoms with Crippen molar-refractivity contribution >= 4 is 44.3 Å². The predicted molar refractivity (Wildman–Crippen MR) is 147 cm³/mol. The number of pyridine rings is 1. The van der Waals surface area contributed by atoms with Crippen LogP contribution in [0.4, 0.5) is 22.0 Å². The number of hydrogen-bond donors (Lipinski definition) is 3. The van der Waals surface area contributed by atoms with Crippen molar-refractivity contribution in [1.82, 2.24) is 19.7 Å². The average Bonchev–Trinajstić information content (AvgIpc) is 3.51. The third kappa shape index (κ3) is 6.33. The molecule has 0 aliphatic heterocycles. The Kier molecular flexibility index (Phi) is 6.90. The molecule has 0 spiro atoms. The van der Waals surface area contributed by atoms with E-state index in [0.29, 0.717) is 39.7 Å². The number of nitrogens with one attached hydrogen (secondary N) is 3. The number of carbonyl (C=O) groups excluding carboxylic acids is 1. The first-order valence-corrected chi connectivity index (χ1v) is 13.7. The monoisotopic (exact) mass is 547 g/mol. The first kappa shape index (κ1) is 25.7. The lowest BCUT2D eigenvalue weighted by molar-refractivity contribution is 0.262. The molecule has 13 heteroatoms. The van der Waals surface area contributed by atoms with Gasteiger partial charge in [-0.3, -0.25) is 9.40 Å². The molecule has 3 heterocycles. The summed E-state index contributed by atoms with van der Waals surface area (Å²) >= 11 is 0. The molecule has 0 aliphatic rings. The fourth-order valence-corrected chi connectivity index (χ4v) is 4.20. The SMILES string of the molecule is CC(C)n1cc(NC(=O)Nc2ccc(Oc3ccnc(NS(C)(=O)=O)c3)cc2)c(-c2ccc3ocnc3c2)n1. The fourth-order valence-electron chi connectivity index (χ4n) is 3.71. The van der Waals surface area contributed by atoms with E-state index < -0.39 is 16.1 Å². The zero-order valence-corrected chi connectivity index (χ0v) is 22.1. The van der Waals surface area contributed by atoms with Gasteiger partial charge in [-0.15, -0.1) is 0 Å². The van der Waals surface area contributed by atoms with Gasteiger partial charge < -0.3 is 19.8 Å². The van der Waals surface area contributed by atoms with E-state index >= 15 is 0 Å². The van der Waals surface area contributed by atoms with Crippen LogP contribution in [0.5, 0.6) is 11.5 Å². The summed E-state index contributed by atoms with van der Waals surface area (Å²) in [5.41, 5.74) is 3.83. The van der Waals surface area contributed by atoms with E-state index in [9.17, 15) is 13.2 Å². The molecule has 5 rings (SSSR count). The highest BCUT2D eigenvalue weighted by Gasteiger charge is 2.16. The number of carbonyl (C=O) groups is 1. The van der Waals surface area contributed by atoms with Crippen molar-refractivity contribution in [3.63, 3.8) is 0 Å². The summed E-state index contributed by atoms with van der Waals surface area (Å²) in [5.74, 6) is 1.03. The maximum Gasteiger partial charge on any atom is 0.323 e. The summed E-state index contributed by atoms with van der Waals surface area (Å²) in [6, 6.07) is 15.0. The van der Waals surface area contributed by atoms with Gasteiger partial charge in [-0.05, 0) is 62.4 Å². The van der Waals surface area contributed by atoms with E-state index in [0.717, 1.165) is 11.8 Å². The number of benzene rings is 2. The minimum atomic E-state index is -3.46. The highest BCUT2D eigenvalue weighted by molar-refractivity contribution is 7.92. The number of hydrogen-bond acceptors (Lipinski definition) is 8. The molecule has 0 atom stereocenters. The van der Waals surface area contributed by atoms with Crippen LogP contribution in [-0.4, -0.2) is 40.5 Å². The predicted octanol–water partition coefficient (Wildman–Crippen LogP) is 5.48. The third-order valence-electron chi connectivity index (χ3n) is 5.48. The van der Waals surface area contributed by atoms with E-state index in [1.807, 2.05) is 32.0 Å². The molecule has 12 nitrogen and oxygen atoms in total. The number of urea groups is 1. The van der Waals surface area contributed by atoms with Crippen molar-refractivity contribution in [2.75, 3.05) is 21.6 Å². The van der Waals surface area contributed by atoms with E-state index in [1.165, 1.54) is 18.7 Å². The molecule has 2 amide bonds. The van der Waals surface area contributed by atoms with E-state index in [-0.39, 0.29) is 11.9 Å². The van der Waals surface area contributed by atoms with Crippen LogP contribution in [0.2, 0.25) is 0 Å². The Morgan fingerprint density at radius 1 is 1.00 bits per heavy atom. The van der Waals surface area contributed by atoms with Crippen LogP contribution < -0.4 is 20.1 Å². The van der Waals surface area contributed by atoms with Crippen LogP contribution >= 0.6 is 0 Å². The van der Waals surface area contributed by atoms with E-state index in [2.05, 4.69) is 30.4 Å². The van der Waals surface area contributed by atoms with Gasteiger partial charge in [-0.1, -0.05) is 0 Å². The first-order valence-electron chi connectivity index (χ1n) is 11.9. The Hall–Kier alpha value is -4.91. The number of ether oxygens (including phenoxy) is 1.